The summed E-state index contributed by atoms with van der Waals surface area (Å²) in [6, 6.07) is 7.18. The summed E-state index contributed by atoms with van der Waals surface area (Å²) < 4.78 is 0. The van der Waals surface area contributed by atoms with Crippen LogP contribution in [0.25, 0.3) is 0 Å². The van der Waals surface area contributed by atoms with Crippen LogP contribution in [0, 0.1) is 0 Å². The minimum absolute atomic E-state index is 0.0671. The molecule has 0 heterocycles. The standard InChI is InChI=1S/C13H16N2O5/c16-8-10(13(19)20)15-11(17)6-7-14-12(18)9-4-2-1-3-5-9/h1-5,10,16H,6-8H2,(H,14,18)(H,15,17)(H,19,20). The minimum atomic E-state index is -1.33. The maximum absolute atomic E-state index is 11.6. The Balaban J connectivity index is 2.32. The van der Waals surface area contributed by atoms with Crippen molar-refractivity contribution in [1.82, 2.24) is 10.6 Å². The molecule has 1 unspecified atom stereocenters. The summed E-state index contributed by atoms with van der Waals surface area (Å²) in [5.41, 5.74) is 0.478. The fourth-order valence-electron chi connectivity index (χ4n) is 1.43. The quantitative estimate of drug-likeness (QED) is 0.530. The zero-order valence-corrected chi connectivity index (χ0v) is 10.7. The summed E-state index contributed by atoms with van der Waals surface area (Å²) >= 11 is 0. The first-order valence-corrected chi connectivity index (χ1v) is 6.01. The Kier molecular flexibility index (Phi) is 6.18. The van der Waals surface area contributed by atoms with Crippen LogP contribution >= 0.6 is 0 Å². The molecule has 7 nitrogen and oxygen atoms in total. The van der Waals surface area contributed by atoms with Crippen LogP contribution in [0.3, 0.4) is 0 Å². The molecular weight excluding hydrogens is 264 g/mol. The molecular formula is C13H16N2O5. The van der Waals surface area contributed by atoms with Gasteiger partial charge in [-0.05, 0) is 12.1 Å². The van der Waals surface area contributed by atoms with Crippen LogP contribution in [0.1, 0.15) is 16.8 Å². The number of hydrogen-bond donors (Lipinski definition) is 4. The van der Waals surface area contributed by atoms with Gasteiger partial charge in [0.25, 0.3) is 5.91 Å². The van der Waals surface area contributed by atoms with Crippen molar-refractivity contribution in [2.45, 2.75) is 12.5 Å². The second-order valence-electron chi connectivity index (χ2n) is 4.01. The highest BCUT2D eigenvalue weighted by atomic mass is 16.4. The molecule has 1 aromatic carbocycles. The van der Waals surface area contributed by atoms with Crippen molar-refractivity contribution in [2.24, 2.45) is 0 Å². The smallest absolute Gasteiger partial charge is 0.328 e. The molecule has 1 atom stereocenters. The van der Waals surface area contributed by atoms with Gasteiger partial charge in [-0.1, -0.05) is 18.2 Å². The van der Waals surface area contributed by atoms with Crippen LogP contribution in [-0.2, 0) is 9.59 Å². The highest BCUT2D eigenvalue weighted by molar-refractivity contribution is 5.94. The van der Waals surface area contributed by atoms with E-state index in [-0.39, 0.29) is 18.9 Å². The van der Waals surface area contributed by atoms with Crippen molar-refractivity contribution in [3.05, 3.63) is 35.9 Å². The van der Waals surface area contributed by atoms with E-state index >= 15 is 0 Å². The summed E-state index contributed by atoms with van der Waals surface area (Å²) in [4.78, 5) is 33.6. The zero-order valence-electron chi connectivity index (χ0n) is 10.7. The number of hydrogen-bond acceptors (Lipinski definition) is 4. The van der Waals surface area contributed by atoms with E-state index in [1.54, 1.807) is 30.3 Å². The first kappa shape index (κ1) is 15.6. The molecule has 0 radical (unpaired) electrons. The summed E-state index contributed by atoms with van der Waals surface area (Å²) in [5.74, 6) is -2.18. The van der Waals surface area contributed by atoms with E-state index < -0.39 is 24.5 Å². The maximum Gasteiger partial charge on any atom is 0.328 e. The van der Waals surface area contributed by atoms with Gasteiger partial charge in [0.15, 0.2) is 0 Å². The van der Waals surface area contributed by atoms with Gasteiger partial charge in [0, 0.05) is 18.5 Å². The number of rotatable bonds is 7. The molecule has 0 fully saturated rings. The third-order valence-corrected chi connectivity index (χ3v) is 2.49. The van der Waals surface area contributed by atoms with E-state index in [4.69, 9.17) is 10.2 Å². The van der Waals surface area contributed by atoms with Gasteiger partial charge in [0.2, 0.25) is 5.91 Å². The highest BCUT2D eigenvalue weighted by Gasteiger charge is 2.18. The second kappa shape index (κ2) is 7.90. The maximum atomic E-state index is 11.6. The molecule has 0 bridgehead atoms. The van der Waals surface area contributed by atoms with E-state index in [1.165, 1.54) is 0 Å². The predicted molar refractivity (Wildman–Crippen MR) is 70.0 cm³/mol. The van der Waals surface area contributed by atoms with Crippen LogP contribution in [0.5, 0.6) is 0 Å². The zero-order chi connectivity index (χ0) is 15.0. The molecule has 0 aliphatic heterocycles. The Bertz CT molecular complexity index is 475. The number of carboxylic acid groups (broad SMARTS) is 1. The van der Waals surface area contributed by atoms with E-state index in [1.807, 2.05) is 0 Å². The van der Waals surface area contributed by atoms with Gasteiger partial charge >= 0.3 is 5.97 Å². The normalized spacial score (nSPS) is 11.4. The monoisotopic (exact) mass is 280 g/mol. The van der Waals surface area contributed by atoms with Gasteiger partial charge in [-0.3, -0.25) is 9.59 Å². The van der Waals surface area contributed by atoms with Gasteiger partial charge in [-0.2, -0.15) is 0 Å². The van der Waals surface area contributed by atoms with Gasteiger partial charge in [0.05, 0.1) is 6.61 Å². The molecule has 0 saturated heterocycles. The van der Waals surface area contributed by atoms with Crippen molar-refractivity contribution in [1.29, 1.82) is 0 Å². The molecule has 108 valence electrons. The number of nitrogens with one attached hydrogen (secondary N) is 2. The van der Waals surface area contributed by atoms with Crippen molar-refractivity contribution in [3.8, 4) is 0 Å². The largest absolute Gasteiger partial charge is 0.480 e. The summed E-state index contributed by atoms with van der Waals surface area (Å²) in [7, 11) is 0. The fourth-order valence-corrected chi connectivity index (χ4v) is 1.43. The molecule has 0 aliphatic carbocycles. The average molecular weight is 280 g/mol. The number of aliphatic hydroxyl groups is 1. The van der Waals surface area contributed by atoms with E-state index in [0.717, 1.165) is 0 Å². The van der Waals surface area contributed by atoms with Crippen LogP contribution < -0.4 is 10.6 Å². The molecule has 0 aliphatic rings. The van der Waals surface area contributed by atoms with Crippen molar-refractivity contribution in [3.63, 3.8) is 0 Å². The lowest BCUT2D eigenvalue weighted by Crippen LogP contribution is -2.44. The third kappa shape index (κ3) is 5.07. The highest BCUT2D eigenvalue weighted by Crippen LogP contribution is 1.97. The van der Waals surface area contributed by atoms with Crippen molar-refractivity contribution in [2.75, 3.05) is 13.2 Å². The lowest BCUT2D eigenvalue weighted by atomic mass is 10.2. The second-order valence-corrected chi connectivity index (χ2v) is 4.01. The lowest BCUT2D eigenvalue weighted by molar-refractivity contribution is -0.142. The number of carbonyl (C=O) groups excluding carboxylic acids is 2. The van der Waals surface area contributed by atoms with Gasteiger partial charge in [-0.25, -0.2) is 4.79 Å². The first-order valence-electron chi connectivity index (χ1n) is 6.01. The molecule has 0 saturated carbocycles. The number of aliphatic hydroxyl groups excluding tert-OH is 1. The summed E-state index contributed by atoms with van der Waals surface area (Å²) in [6.45, 7) is -0.602. The van der Waals surface area contributed by atoms with Crippen LogP contribution in [-0.4, -0.2) is 47.2 Å². The van der Waals surface area contributed by atoms with Crippen LogP contribution in [0.2, 0.25) is 0 Å². The fraction of sp³-hybridized carbons (Fsp3) is 0.308. The van der Waals surface area contributed by atoms with Crippen LogP contribution in [0.4, 0.5) is 0 Å². The topological polar surface area (TPSA) is 116 Å². The van der Waals surface area contributed by atoms with E-state index in [2.05, 4.69) is 10.6 Å². The van der Waals surface area contributed by atoms with Gasteiger partial charge in [0.1, 0.15) is 6.04 Å². The summed E-state index contributed by atoms with van der Waals surface area (Å²) in [6.07, 6.45) is -0.0671. The van der Waals surface area contributed by atoms with Crippen molar-refractivity contribution < 1.29 is 24.6 Å². The Morgan fingerprint density at radius 3 is 2.35 bits per heavy atom. The number of aliphatic carboxylic acids is 1. The molecule has 20 heavy (non-hydrogen) atoms. The predicted octanol–water partition coefficient (Wildman–Crippen LogP) is -0.632. The third-order valence-electron chi connectivity index (χ3n) is 2.49. The first-order chi connectivity index (χ1) is 9.54. The molecule has 1 aromatic rings. The Hall–Kier alpha value is -2.41. The Morgan fingerprint density at radius 2 is 1.80 bits per heavy atom. The number of benzene rings is 1. The Labute approximate surface area is 115 Å². The average Bonchev–Trinajstić information content (AvgIpc) is 2.45. The SMILES string of the molecule is O=C(CCNC(=O)c1ccccc1)NC(CO)C(=O)O. The molecule has 0 aromatic heterocycles. The number of carboxylic acids is 1. The van der Waals surface area contributed by atoms with Gasteiger partial charge < -0.3 is 20.8 Å². The summed E-state index contributed by atoms with van der Waals surface area (Å²) in [5, 5.41) is 22.1. The Morgan fingerprint density at radius 1 is 1.15 bits per heavy atom. The van der Waals surface area contributed by atoms with E-state index in [0.29, 0.717) is 5.56 Å². The lowest BCUT2D eigenvalue weighted by Gasteiger charge is -2.11. The van der Waals surface area contributed by atoms with Gasteiger partial charge in [-0.15, -0.1) is 0 Å². The minimum Gasteiger partial charge on any atom is -0.480 e. The molecule has 1 rings (SSSR count). The molecule has 7 heteroatoms. The van der Waals surface area contributed by atoms with E-state index in [9.17, 15) is 14.4 Å². The number of amides is 2. The van der Waals surface area contributed by atoms with Crippen LogP contribution in [0.15, 0.2) is 30.3 Å². The molecule has 2 amide bonds. The molecule has 4 N–H and O–H groups in total. The number of carbonyl (C=O) groups is 3. The molecule has 0 spiro atoms. The van der Waals surface area contributed by atoms with Crippen molar-refractivity contribution >= 4 is 17.8 Å².